The fraction of sp³-hybridized carbons (Fsp3) is 0.200. The van der Waals surface area contributed by atoms with Crippen LogP contribution in [0, 0.1) is 11.3 Å². The van der Waals surface area contributed by atoms with E-state index in [0.29, 0.717) is 5.56 Å². The molecule has 0 aliphatic rings. The Kier molecular flexibility index (Phi) is 3.53. The lowest BCUT2D eigenvalue weighted by molar-refractivity contribution is 0.0599. The van der Waals surface area contributed by atoms with Crippen molar-refractivity contribution < 1.29 is 14.6 Å². The van der Waals surface area contributed by atoms with Gasteiger partial charge in [-0.2, -0.15) is 5.26 Å². The second-order valence-electron chi connectivity index (χ2n) is 2.76. The smallest absolute Gasteiger partial charge is 0.338 e. The Balaban J connectivity index is 3.35. The number of benzene rings is 1. The van der Waals surface area contributed by atoms with Crippen LogP contribution in [-0.2, 0) is 10.6 Å². The summed E-state index contributed by atoms with van der Waals surface area (Å²) < 4.78 is 4.52. The Morgan fingerprint density at radius 2 is 2.33 bits per heavy atom. The molecule has 0 unspecified atom stereocenters. The number of phenolic OH excluding ortho intramolecular Hbond substituents is 1. The maximum Gasteiger partial charge on any atom is 0.338 e. The van der Waals surface area contributed by atoms with Gasteiger partial charge in [-0.05, 0) is 17.7 Å². The number of rotatable bonds is 2. The van der Waals surface area contributed by atoms with E-state index in [2.05, 4.69) is 4.74 Å². The summed E-state index contributed by atoms with van der Waals surface area (Å²) in [4.78, 5) is 11.3. The minimum absolute atomic E-state index is 0.0688. The summed E-state index contributed by atoms with van der Waals surface area (Å²) >= 11 is 5.62. The van der Waals surface area contributed by atoms with Gasteiger partial charge in [0.25, 0.3) is 0 Å². The summed E-state index contributed by atoms with van der Waals surface area (Å²) in [6.07, 6.45) is 0. The molecule has 0 aromatic heterocycles. The predicted octanol–water partition coefficient (Wildman–Crippen LogP) is 1.79. The summed E-state index contributed by atoms with van der Waals surface area (Å²) in [6.45, 7) is 0. The molecule has 0 fully saturated rings. The van der Waals surface area contributed by atoms with Crippen LogP contribution in [0.4, 0.5) is 0 Å². The molecule has 0 aliphatic carbocycles. The molecule has 0 radical (unpaired) electrons. The molecule has 4 nitrogen and oxygen atoms in total. The lowest BCUT2D eigenvalue weighted by Crippen LogP contribution is -2.05. The summed E-state index contributed by atoms with van der Waals surface area (Å²) in [5, 5.41) is 18.0. The summed E-state index contributed by atoms with van der Waals surface area (Å²) in [5.41, 5.74) is 0.708. The van der Waals surface area contributed by atoms with E-state index in [0.717, 1.165) is 0 Å². The third-order valence-corrected chi connectivity index (χ3v) is 2.18. The second kappa shape index (κ2) is 4.67. The molecule has 0 saturated heterocycles. The minimum Gasteiger partial charge on any atom is -0.507 e. The highest BCUT2D eigenvalue weighted by molar-refractivity contribution is 6.17. The molecular weight excluding hydrogens is 218 g/mol. The van der Waals surface area contributed by atoms with Crippen LogP contribution in [0.5, 0.6) is 5.75 Å². The number of carbonyl (C=O) groups is 1. The van der Waals surface area contributed by atoms with Crippen molar-refractivity contribution in [2.24, 2.45) is 0 Å². The molecule has 0 spiro atoms. The van der Waals surface area contributed by atoms with Crippen LogP contribution in [0.25, 0.3) is 0 Å². The number of hydrogen-bond donors (Lipinski definition) is 1. The highest BCUT2D eigenvalue weighted by Crippen LogP contribution is 2.23. The third kappa shape index (κ3) is 2.20. The Morgan fingerprint density at radius 1 is 1.67 bits per heavy atom. The molecule has 1 rings (SSSR count). The number of nitrogens with zero attached hydrogens (tertiary/aromatic N) is 1. The maximum absolute atomic E-state index is 11.3. The molecule has 0 amide bonds. The van der Waals surface area contributed by atoms with Gasteiger partial charge in [-0.15, -0.1) is 11.6 Å². The van der Waals surface area contributed by atoms with Crippen molar-refractivity contribution in [3.8, 4) is 11.8 Å². The first-order chi connectivity index (χ1) is 7.13. The van der Waals surface area contributed by atoms with Gasteiger partial charge >= 0.3 is 5.97 Å². The van der Waals surface area contributed by atoms with Gasteiger partial charge in [-0.25, -0.2) is 4.79 Å². The summed E-state index contributed by atoms with van der Waals surface area (Å²) in [5.74, 6) is -0.781. The number of phenols is 1. The van der Waals surface area contributed by atoms with Crippen LogP contribution in [0.1, 0.15) is 21.5 Å². The SMILES string of the molecule is COC(=O)c1cc(O)c(C#N)cc1CCl. The molecular formula is C10H8ClNO3. The number of aromatic hydroxyl groups is 1. The zero-order valence-corrected chi connectivity index (χ0v) is 8.71. The number of halogens is 1. The first kappa shape index (κ1) is 11.3. The van der Waals surface area contributed by atoms with Crippen molar-refractivity contribution in [2.75, 3.05) is 7.11 Å². The quantitative estimate of drug-likeness (QED) is 0.615. The largest absolute Gasteiger partial charge is 0.507 e. The third-order valence-electron chi connectivity index (χ3n) is 1.89. The molecule has 0 saturated carbocycles. The number of esters is 1. The van der Waals surface area contributed by atoms with E-state index in [1.165, 1.54) is 19.2 Å². The fourth-order valence-electron chi connectivity index (χ4n) is 1.13. The normalized spacial score (nSPS) is 9.40. The molecule has 78 valence electrons. The Bertz CT molecular complexity index is 437. The van der Waals surface area contributed by atoms with Crippen molar-refractivity contribution in [2.45, 2.75) is 5.88 Å². The monoisotopic (exact) mass is 225 g/mol. The Hall–Kier alpha value is -1.73. The fourth-order valence-corrected chi connectivity index (χ4v) is 1.35. The van der Waals surface area contributed by atoms with Crippen LogP contribution in [0.15, 0.2) is 12.1 Å². The van der Waals surface area contributed by atoms with Crippen LogP contribution < -0.4 is 0 Å². The maximum atomic E-state index is 11.3. The van der Waals surface area contributed by atoms with Crippen LogP contribution in [0.2, 0.25) is 0 Å². The van der Waals surface area contributed by atoms with E-state index < -0.39 is 5.97 Å². The predicted molar refractivity (Wildman–Crippen MR) is 53.7 cm³/mol. The van der Waals surface area contributed by atoms with Crippen molar-refractivity contribution in [1.82, 2.24) is 0 Å². The van der Waals surface area contributed by atoms with Crippen LogP contribution in [-0.4, -0.2) is 18.2 Å². The minimum atomic E-state index is -0.592. The van der Waals surface area contributed by atoms with E-state index >= 15 is 0 Å². The summed E-state index contributed by atoms with van der Waals surface area (Å²) in [7, 11) is 1.23. The highest BCUT2D eigenvalue weighted by atomic mass is 35.5. The number of nitriles is 1. The van der Waals surface area contributed by atoms with Gasteiger partial charge < -0.3 is 9.84 Å². The van der Waals surface area contributed by atoms with E-state index in [1.807, 2.05) is 0 Å². The summed E-state index contributed by atoms with van der Waals surface area (Å²) in [6, 6.07) is 4.35. The first-order valence-electron chi connectivity index (χ1n) is 4.04. The van der Waals surface area contributed by atoms with E-state index in [-0.39, 0.29) is 22.8 Å². The number of hydrogen-bond acceptors (Lipinski definition) is 4. The molecule has 0 heterocycles. The Morgan fingerprint density at radius 3 is 2.80 bits per heavy atom. The zero-order chi connectivity index (χ0) is 11.4. The average molecular weight is 226 g/mol. The van der Waals surface area contributed by atoms with Crippen LogP contribution >= 0.6 is 11.6 Å². The molecule has 1 aromatic carbocycles. The highest BCUT2D eigenvalue weighted by Gasteiger charge is 2.15. The molecule has 0 aliphatic heterocycles. The number of methoxy groups -OCH3 is 1. The Labute approximate surface area is 91.7 Å². The standard InChI is InChI=1S/C10H8ClNO3/c1-15-10(14)8-3-9(13)7(5-12)2-6(8)4-11/h2-3,13H,4H2,1H3. The van der Waals surface area contributed by atoms with Crippen LogP contribution in [0.3, 0.4) is 0 Å². The van der Waals surface area contributed by atoms with E-state index in [1.54, 1.807) is 6.07 Å². The molecule has 1 aromatic rings. The average Bonchev–Trinajstić information content (AvgIpc) is 2.27. The van der Waals surface area contributed by atoms with Gasteiger partial charge in [0.05, 0.1) is 18.2 Å². The topological polar surface area (TPSA) is 70.3 Å². The van der Waals surface area contributed by atoms with E-state index in [9.17, 15) is 9.90 Å². The number of alkyl halides is 1. The zero-order valence-electron chi connectivity index (χ0n) is 7.95. The lowest BCUT2D eigenvalue weighted by Gasteiger charge is -2.06. The number of ether oxygens (including phenoxy) is 1. The molecule has 0 bridgehead atoms. The molecule has 15 heavy (non-hydrogen) atoms. The van der Waals surface area contributed by atoms with Crippen molar-refractivity contribution in [3.05, 3.63) is 28.8 Å². The van der Waals surface area contributed by atoms with Gasteiger partial charge in [0.2, 0.25) is 0 Å². The van der Waals surface area contributed by atoms with Gasteiger partial charge in [-0.3, -0.25) is 0 Å². The molecule has 1 N–H and O–H groups in total. The van der Waals surface area contributed by atoms with Crippen molar-refractivity contribution >= 4 is 17.6 Å². The van der Waals surface area contributed by atoms with Gasteiger partial charge in [0.15, 0.2) is 0 Å². The van der Waals surface area contributed by atoms with Gasteiger partial charge in [-0.1, -0.05) is 0 Å². The lowest BCUT2D eigenvalue weighted by atomic mass is 10.0. The molecule has 5 heteroatoms. The van der Waals surface area contributed by atoms with Gasteiger partial charge in [0, 0.05) is 5.88 Å². The first-order valence-corrected chi connectivity index (χ1v) is 4.57. The second-order valence-corrected chi connectivity index (χ2v) is 3.03. The van der Waals surface area contributed by atoms with Crippen molar-refractivity contribution in [1.29, 1.82) is 5.26 Å². The number of carbonyl (C=O) groups excluding carboxylic acids is 1. The molecule has 0 atom stereocenters. The van der Waals surface area contributed by atoms with Gasteiger partial charge in [0.1, 0.15) is 11.8 Å². The van der Waals surface area contributed by atoms with Crippen molar-refractivity contribution in [3.63, 3.8) is 0 Å². The van der Waals surface area contributed by atoms with E-state index in [4.69, 9.17) is 16.9 Å².